The van der Waals surface area contributed by atoms with Crippen LogP contribution in [0.15, 0.2) is 30.3 Å². The molecule has 100 valence electrons. The molecule has 1 saturated carbocycles. The predicted octanol–water partition coefficient (Wildman–Crippen LogP) is 3.28. The molecule has 1 aromatic carbocycles. The van der Waals surface area contributed by atoms with E-state index in [1.54, 1.807) is 0 Å². The summed E-state index contributed by atoms with van der Waals surface area (Å²) in [4.78, 5) is 0. The summed E-state index contributed by atoms with van der Waals surface area (Å²) in [5.74, 6) is 0.452. The molecule has 2 nitrogen and oxygen atoms in total. The Morgan fingerprint density at radius 2 is 2.06 bits per heavy atom. The second kappa shape index (κ2) is 6.91. The fraction of sp³-hybridized carbons (Fsp3) is 0.625. The lowest BCUT2D eigenvalue weighted by atomic mass is 9.98. The highest BCUT2D eigenvalue weighted by atomic mass is 16.3. The average molecular weight is 247 g/mol. The van der Waals surface area contributed by atoms with E-state index in [-0.39, 0.29) is 0 Å². The van der Waals surface area contributed by atoms with E-state index in [4.69, 9.17) is 0 Å². The summed E-state index contributed by atoms with van der Waals surface area (Å²) in [6.07, 6.45) is 5.97. The molecule has 0 bridgehead atoms. The molecule has 1 fully saturated rings. The van der Waals surface area contributed by atoms with Crippen LogP contribution in [0.4, 0.5) is 0 Å². The van der Waals surface area contributed by atoms with Crippen molar-refractivity contribution in [2.75, 3.05) is 6.61 Å². The molecular weight excluding hydrogens is 222 g/mol. The topological polar surface area (TPSA) is 32.3 Å². The lowest BCUT2D eigenvalue weighted by Crippen LogP contribution is -2.36. The molecule has 0 aromatic heterocycles. The monoisotopic (exact) mass is 247 g/mol. The van der Waals surface area contributed by atoms with Crippen molar-refractivity contribution in [1.29, 1.82) is 0 Å². The van der Waals surface area contributed by atoms with Gasteiger partial charge in [0.15, 0.2) is 0 Å². The van der Waals surface area contributed by atoms with Crippen molar-refractivity contribution in [3.63, 3.8) is 0 Å². The molecule has 0 radical (unpaired) electrons. The first-order valence-electron chi connectivity index (χ1n) is 7.27. The second-order valence-corrected chi connectivity index (χ2v) is 5.40. The largest absolute Gasteiger partial charge is 0.396 e. The van der Waals surface area contributed by atoms with Crippen molar-refractivity contribution in [2.24, 2.45) is 5.92 Å². The summed E-state index contributed by atoms with van der Waals surface area (Å²) in [5.41, 5.74) is 1.38. The Morgan fingerprint density at radius 3 is 2.72 bits per heavy atom. The minimum Gasteiger partial charge on any atom is -0.396 e. The highest BCUT2D eigenvalue weighted by molar-refractivity contribution is 5.19. The summed E-state index contributed by atoms with van der Waals surface area (Å²) in [6, 6.07) is 11.6. The van der Waals surface area contributed by atoms with E-state index in [0.29, 0.717) is 24.6 Å². The number of hydrogen-bond acceptors (Lipinski definition) is 2. The molecule has 3 unspecified atom stereocenters. The summed E-state index contributed by atoms with van der Waals surface area (Å²) < 4.78 is 0. The van der Waals surface area contributed by atoms with Crippen LogP contribution in [0.5, 0.6) is 0 Å². The maximum atomic E-state index is 9.41. The zero-order valence-corrected chi connectivity index (χ0v) is 11.3. The molecule has 0 spiro atoms. The van der Waals surface area contributed by atoms with Gasteiger partial charge in [0.1, 0.15) is 0 Å². The maximum absolute atomic E-state index is 9.41. The van der Waals surface area contributed by atoms with Gasteiger partial charge in [-0.2, -0.15) is 0 Å². The highest BCUT2D eigenvalue weighted by Gasteiger charge is 2.28. The summed E-state index contributed by atoms with van der Waals surface area (Å²) in [7, 11) is 0. The van der Waals surface area contributed by atoms with Crippen LogP contribution in [0.2, 0.25) is 0 Å². The van der Waals surface area contributed by atoms with Crippen molar-refractivity contribution < 1.29 is 5.11 Å². The third-order valence-electron chi connectivity index (χ3n) is 4.09. The highest BCUT2D eigenvalue weighted by Crippen LogP contribution is 2.29. The number of rotatable bonds is 6. The standard InChI is InChI=1S/C16H25NO/c1-2-7-15(13-8-4-3-5-9-13)17-16-11-6-10-14(16)12-18/h3-5,8-9,14-18H,2,6-7,10-12H2,1H3. The van der Waals surface area contributed by atoms with Crippen molar-refractivity contribution >= 4 is 0 Å². The molecule has 2 rings (SSSR count). The van der Waals surface area contributed by atoms with Crippen LogP contribution in [-0.2, 0) is 0 Å². The van der Waals surface area contributed by atoms with Crippen LogP contribution in [-0.4, -0.2) is 17.8 Å². The Balaban J connectivity index is 2.02. The van der Waals surface area contributed by atoms with Gasteiger partial charge in [0, 0.05) is 18.7 Å². The van der Waals surface area contributed by atoms with Crippen LogP contribution in [0.3, 0.4) is 0 Å². The maximum Gasteiger partial charge on any atom is 0.0474 e. The molecule has 0 saturated heterocycles. The molecule has 3 atom stereocenters. The van der Waals surface area contributed by atoms with Crippen molar-refractivity contribution in [3.05, 3.63) is 35.9 Å². The minimum atomic E-state index is 0.325. The Labute approximate surface area is 110 Å². The van der Waals surface area contributed by atoms with Gasteiger partial charge >= 0.3 is 0 Å². The average Bonchev–Trinajstić information content (AvgIpc) is 2.86. The van der Waals surface area contributed by atoms with Gasteiger partial charge in [-0.3, -0.25) is 0 Å². The number of aliphatic hydroxyl groups excluding tert-OH is 1. The van der Waals surface area contributed by atoms with Gasteiger partial charge in [-0.1, -0.05) is 50.1 Å². The van der Waals surface area contributed by atoms with Gasteiger partial charge in [0.2, 0.25) is 0 Å². The molecule has 1 aliphatic carbocycles. The van der Waals surface area contributed by atoms with Crippen LogP contribution in [0.25, 0.3) is 0 Å². The second-order valence-electron chi connectivity index (χ2n) is 5.40. The van der Waals surface area contributed by atoms with Gasteiger partial charge in [-0.15, -0.1) is 0 Å². The number of hydrogen-bond donors (Lipinski definition) is 2. The Kier molecular flexibility index (Phi) is 5.21. The normalized spacial score (nSPS) is 25.2. The van der Waals surface area contributed by atoms with Gasteiger partial charge in [0.05, 0.1) is 0 Å². The van der Waals surface area contributed by atoms with E-state index in [0.717, 1.165) is 0 Å². The first kappa shape index (κ1) is 13.6. The van der Waals surface area contributed by atoms with E-state index in [1.165, 1.54) is 37.7 Å². The molecule has 1 aliphatic rings. The Bertz CT molecular complexity index is 338. The smallest absolute Gasteiger partial charge is 0.0474 e. The first-order chi connectivity index (χ1) is 8.85. The number of nitrogens with one attached hydrogen (secondary N) is 1. The lowest BCUT2D eigenvalue weighted by Gasteiger charge is -2.26. The number of aliphatic hydroxyl groups is 1. The van der Waals surface area contributed by atoms with Crippen LogP contribution in [0.1, 0.15) is 50.6 Å². The minimum absolute atomic E-state index is 0.325. The van der Waals surface area contributed by atoms with Gasteiger partial charge in [-0.25, -0.2) is 0 Å². The summed E-state index contributed by atoms with van der Waals surface area (Å²) in [6.45, 7) is 2.56. The Morgan fingerprint density at radius 1 is 1.28 bits per heavy atom. The Hall–Kier alpha value is -0.860. The van der Waals surface area contributed by atoms with Crippen molar-refractivity contribution in [3.8, 4) is 0 Å². The third-order valence-corrected chi connectivity index (χ3v) is 4.09. The van der Waals surface area contributed by atoms with Gasteiger partial charge < -0.3 is 10.4 Å². The summed E-state index contributed by atoms with van der Waals surface area (Å²) >= 11 is 0. The zero-order chi connectivity index (χ0) is 12.8. The first-order valence-corrected chi connectivity index (χ1v) is 7.27. The number of benzene rings is 1. The lowest BCUT2D eigenvalue weighted by molar-refractivity contribution is 0.198. The molecular formula is C16H25NO. The predicted molar refractivity (Wildman–Crippen MR) is 75.4 cm³/mol. The molecule has 0 aliphatic heterocycles. The van der Waals surface area contributed by atoms with Gasteiger partial charge in [-0.05, 0) is 30.7 Å². The molecule has 0 heterocycles. The molecule has 0 amide bonds. The fourth-order valence-corrected chi connectivity index (χ4v) is 3.05. The molecule has 1 aromatic rings. The molecule has 18 heavy (non-hydrogen) atoms. The van der Waals surface area contributed by atoms with E-state index < -0.39 is 0 Å². The zero-order valence-electron chi connectivity index (χ0n) is 11.3. The van der Waals surface area contributed by atoms with E-state index in [1.807, 2.05) is 0 Å². The van der Waals surface area contributed by atoms with Gasteiger partial charge in [0.25, 0.3) is 0 Å². The van der Waals surface area contributed by atoms with E-state index >= 15 is 0 Å². The SMILES string of the molecule is CCCC(NC1CCCC1CO)c1ccccc1. The van der Waals surface area contributed by atoms with Crippen molar-refractivity contribution in [2.45, 2.75) is 51.1 Å². The van der Waals surface area contributed by atoms with Crippen molar-refractivity contribution in [1.82, 2.24) is 5.32 Å². The summed E-state index contributed by atoms with van der Waals surface area (Å²) in [5, 5.41) is 13.2. The van der Waals surface area contributed by atoms with Crippen LogP contribution >= 0.6 is 0 Å². The molecule has 2 heteroatoms. The third kappa shape index (κ3) is 3.33. The van der Waals surface area contributed by atoms with Crippen LogP contribution in [0, 0.1) is 5.92 Å². The quantitative estimate of drug-likeness (QED) is 0.808. The van der Waals surface area contributed by atoms with E-state index in [9.17, 15) is 5.11 Å². The van der Waals surface area contributed by atoms with Crippen LogP contribution < -0.4 is 5.32 Å². The molecule has 2 N–H and O–H groups in total. The van der Waals surface area contributed by atoms with E-state index in [2.05, 4.69) is 42.6 Å². The fourth-order valence-electron chi connectivity index (χ4n) is 3.05.